The summed E-state index contributed by atoms with van der Waals surface area (Å²) in [5.74, 6) is -0.356. The zero-order valence-corrected chi connectivity index (χ0v) is 11.5. The first-order valence-corrected chi connectivity index (χ1v) is 6.03. The lowest BCUT2D eigenvalue weighted by Crippen LogP contribution is -2.32. The average Bonchev–Trinajstić information content (AvgIpc) is 2.35. The minimum atomic E-state index is -1.00. The lowest BCUT2D eigenvalue weighted by atomic mass is 10.1. The summed E-state index contributed by atoms with van der Waals surface area (Å²) in [6.45, 7) is 1.68. The number of aliphatic carboxylic acids is 1. The minimum Gasteiger partial charge on any atom is -0.496 e. The molecular formula is C14H19NO4. The molecule has 1 rings (SSSR count). The number of carbonyl (C=O) groups is 2. The summed E-state index contributed by atoms with van der Waals surface area (Å²) in [7, 11) is 3.11. The van der Waals surface area contributed by atoms with Gasteiger partial charge in [-0.1, -0.05) is 12.1 Å². The normalized spacial score (nSPS) is 10.1. The molecule has 0 radical (unpaired) electrons. The fourth-order valence-corrected chi connectivity index (χ4v) is 1.83. The van der Waals surface area contributed by atoms with Gasteiger partial charge in [0.05, 0.1) is 7.11 Å². The van der Waals surface area contributed by atoms with Gasteiger partial charge in [0.1, 0.15) is 12.3 Å². The predicted molar refractivity (Wildman–Crippen MR) is 71.3 cm³/mol. The molecule has 0 aliphatic carbocycles. The Morgan fingerprint density at radius 2 is 2.05 bits per heavy atom. The number of hydrogen-bond donors (Lipinski definition) is 1. The van der Waals surface area contributed by atoms with E-state index >= 15 is 0 Å². The molecule has 0 heterocycles. The number of rotatable bonds is 6. The minimum absolute atomic E-state index is 0.170. The molecule has 0 fully saturated rings. The number of carboxylic acid groups (broad SMARTS) is 1. The molecule has 104 valence electrons. The maximum Gasteiger partial charge on any atom is 0.323 e. The smallest absolute Gasteiger partial charge is 0.323 e. The lowest BCUT2D eigenvalue weighted by molar-refractivity contribution is -0.143. The number of methoxy groups -OCH3 is 1. The summed E-state index contributed by atoms with van der Waals surface area (Å²) in [6.07, 6.45) is 0.892. The average molecular weight is 265 g/mol. The van der Waals surface area contributed by atoms with E-state index < -0.39 is 5.97 Å². The number of amides is 1. The zero-order chi connectivity index (χ0) is 14.4. The highest BCUT2D eigenvalue weighted by Gasteiger charge is 2.12. The number of aryl methyl sites for hydroxylation is 2. The summed E-state index contributed by atoms with van der Waals surface area (Å²) < 4.78 is 5.17. The van der Waals surface area contributed by atoms with Crippen LogP contribution in [-0.4, -0.2) is 42.6 Å². The first kappa shape index (κ1) is 15.0. The molecule has 0 bridgehead atoms. The van der Waals surface area contributed by atoms with E-state index in [0.717, 1.165) is 16.9 Å². The number of ether oxygens (including phenoxy) is 1. The summed E-state index contributed by atoms with van der Waals surface area (Å²) in [5, 5.41) is 8.60. The second kappa shape index (κ2) is 6.78. The molecule has 0 aromatic heterocycles. The van der Waals surface area contributed by atoms with Crippen LogP contribution < -0.4 is 4.74 Å². The molecule has 0 atom stereocenters. The molecule has 0 saturated heterocycles. The van der Waals surface area contributed by atoms with Crippen LogP contribution in [0, 0.1) is 6.92 Å². The second-order valence-electron chi connectivity index (χ2n) is 4.45. The maximum atomic E-state index is 11.7. The highest BCUT2D eigenvalue weighted by atomic mass is 16.5. The number of nitrogens with zero attached hydrogens (tertiary/aromatic N) is 1. The molecule has 1 aromatic carbocycles. The van der Waals surface area contributed by atoms with E-state index in [-0.39, 0.29) is 12.5 Å². The molecule has 0 aliphatic rings. The van der Waals surface area contributed by atoms with Gasteiger partial charge in [0.25, 0.3) is 0 Å². The quantitative estimate of drug-likeness (QED) is 0.846. The molecule has 5 heteroatoms. The first-order valence-electron chi connectivity index (χ1n) is 6.03. The van der Waals surface area contributed by atoms with Gasteiger partial charge in [0, 0.05) is 13.5 Å². The van der Waals surface area contributed by atoms with Crippen molar-refractivity contribution in [3.63, 3.8) is 0 Å². The predicted octanol–water partition coefficient (Wildman–Crippen LogP) is 1.48. The van der Waals surface area contributed by atoms with E-state index in [4.69, 9.17) is 9.84 Å². The third-order valence-electron chi connectivity index (χ3n) is 2.88. The van der Waals surface area contributed by atoms with E-state index in [1.54, 1.807) is 7.11 Å². The van der Waals surface area contributed by atoms with E-state index in [1.807, 2.05) is 25.1 Å². The topological polar surface area (TPSA) is 66.8 Å². The van der Waals surface area contributed by atoms with Crippen molar-refractivity contribution in [3.05, 3.63) is 29.3 Å². The summed E-state index contributed by atoms with van der Waals surface area (Å²) in [4.78, 5) is 23.4. The molecule has 1 N–H and O–H groups in total. The van der Waals surface area contributed by atoms with Crippen LogP contribution in [0.4, 0.5) is 0 Å². The van der Waals surface area contributed by atoms with Crippen LogP contribution in [0.25, 0.3) is 0 Å². The summed E-state index contributed by atoms with van der Waals surface area (Å²) in [5.41, 5.74) is 2.06. The largest absolute Gasteiger partial charge is 0.496 e. The Balaban J connectivity index is 2.55. The lowest BCUT2D eigenvalue weighted by Gasteiger charge is -2.14. The van der Waals surface area contributed by atoms with Crippen molar-refractivity contribution in [2.45, 2.75) is 19.8 Å². The Kier molecular flexibility index (Phi) is 5.36. The summed E-state index contributed by atoms with van der Waals surface area (Å²) >= 11 is 0. The third kappa shape index (κ3) is 4.62. The van der Waals surface area contributed by atoms with Crippen molar-refractivity contribution < 1.29 is 19.4 Å². The second-order valence-corrected chi connectivity index (χ2v) is 4.45. The van der Waals surface area contributed by atoms with Crippen LogP contribution in [0.5, 0.6) is 5.75 Å². The van der Waals surface area contributed by atoms with Gasteiger partial charge < -0.3 is 14.7 Å². The van der Waals surface area contributed by atoms with Gasteiger partial charge >= 0.3 is 5.97 Å². The van der Waals surface area contributed by atoms with Gasteiger partial charge in [0.2, 0.25) is 5.91 Å². The van der Waals surface area contributed by atoms with Crippen LogP contribution in [0.1, 0.15) is 17.5 Å². The van der Waals surface area contributed by atoms with Crippen LogP contribution >= 0.6 is 0 Å². The molecule has 0 aliphatic heterocycles. The number of likely N-dealkylation sites (N-methyl/N-ethyl adjacent to an activating group) is 1. The third-order valence-corrected chi connectivity index (χ3v) is 2.88. The van der Waals surface area contributed by atoms with Crippen molar-refractivity contribution in [3.8, 4) is 5.75 Å². The van der Waals surface area contributed by atoms with E-state index in [0.29, 0.717) is 12.8 Å². The van der Waals surface area contributed by atoms with Gasteiger partial charge in [-0.05, 0) is 30.5 Å². The molecule has 0 unspecified atom stereocenters. The highest BCUT2D eigenvalue weighted by Crippen LogP contribution is 2.19. The first-order chi connectivity index (χ1) is 8.93. The number of benzene rings is 1. The number of carbonyl (C=O) groups excluding carboxylic acids is 1. The van der Waals surface area contributed by atoms with Crippen LogP contribution in [0.15, 0.2) is 18.2 Å². The fraction of sp³-hybridized carbons (Fsp3) is 0.429. The van der Waals surface area contributed by atoms with Crippen molar-refractivity contribution in [2.75, 3.05) is 20.7 Å². The molecule has 1 aromatic rings. The van der Waals surface area contributed by atoms with E-state index in [1.165, 1.54) is 11.9 Å². The van der Waals surface area contributed by atoms with E-state index in [2.05, 4.69) is 0 Å². The Morgan fingerprint density at radius 3 is 2.58 bits per heavy atom. The van der Waals surface area contributed by atoms with Crippen molar-refractivity contribution >= 4 is 11.9 Å². The molecular weight excluding hydrogens is 246 g/mol. The van der Waals surface area contributed by atoms with Gasteiger partial charge in [-0.25, -0.2) is 0 Å². The number of carboxylic acids is 1. The Labute approximate surface area is 112 Å². The van der Waals surface area contributed by atoms with Gasteiger partial charge in [0.15, 0.2) is 0 Å². The monoisotopic (exact) mass is 265 g/mol. The Bertz CT molecular complexity index is 471. The summed E-state index contributed by atoms with van der Waals surface area (Å²) in [6, 6.07) is 5.76. The van der Waals surface area contributed by atoms with Crippen molar-refractivity contribution in [1.29, 1.82) is 0 Å². The molecule has 19 heavy (non-hydrogen) atoms. The zero-order valence-electron chi connectivity index (χ0n) is 11.5. The molecule has 5 nitrogen and oxygen atoms in total. The number of hydrogen-bond acceptors (Lipinski definition) is 3. The molecule has 0 saturated carbocycles. The molecule has 1 amide bonds. The van der Waals surface area contributed by atoms with Crippen LogP contribution in [0.3, 0.4) is 0 Å². The fourth-order valence-electron chi connectivity index (χ4n) is 1.83. The van der Waals surface area contributed by atoms with Gasteiger partial charge in [-0.3, -0.25) is 9.59 Å². The van der Waals surface area contributed by atoms with Crippen molar-refractivity contribution in [2.24, 2.45) is 0 Å². The standard InChI is InChI=1S/C14H19NO4/c1-10-8-11(4-6-12(10)19-3)5-7-13(16)15(2)9-14(17)18/h4,6,8H,5,7,9H2,1-3H3,(H,17,18). The van der Waals surface area contributed by atoms with Crippen LogP contribution in [-0.2, 0) is 16.0 Å². The SMILES string of the molecule is COc1ccc(CCC(=O)N(C)CC(=O)O)cc1C. The maximum absolute atomic E-state index is 11.7. The van der Waals surface area contributed by atoms with Gasteiger partial charge in [-0.15, -0.1) is 0 Å². The van der Waals surface area contributed by atoms with Crippen molar-refractivity contribution in [1.82, 2.24) is 4.90 Å². The Morgan fingerprint density at radius 1 is 1.37 bits per heavy atom. The molecule has 0 spiro atoms. The highest BCUT2D eigenvalue weighted by molar-refractivity contribution is 5.81. The van der Waals surface area contributed by atoms with E-state index in [9.17, 15) is 9.59 Å². The van der Waals surface area contributed by atoms with Gasteiger partial charge in [-0.2, -0.15) is 0 Å². The van der Waals surface area contributed by atoms with Crippen LogP contribution in [0.2, 0.25) is 0 Å². The Hall–Kier alpha value is -2.04.